The summed E-state index contributed by atoms with van der Waals surface area (Å²) in [6, 6.07) is 0. The molecule has 0 saturated carbocycles. The Labute approximate surface area is 108 Å². The number of anilines is 2. The molecule has 6 heteroatoms. The van der Waals surface area contributed by atoms with Crippen molar-refractivity contribution in [3.63, 3.8) is 0 Å². The molecule has 0 aliphatic carbocycles. The van der Waals surface area contributed by atoms with Crippen LogP contribution in [0.25, 0.3) is 0 Å². The fourth-order valence-electron chi connectivity index (χ4n) is 1.45. The molecule has 18 heavy (non-hydrogen) atoms. The van der Waals surface area contributed by atoms with E-state index in [4.69, 9.17) is 9.47 Å². The van der Waals surface area contributed by atoms with Gasteiger partial charge in [-0.2, -0.15) is 0 Å². The van der Waals surface area contributed by atoms with Crippen LogP contribution in [-0.4, -0.2) is 43.4 Å². The standard InChI is InChI=1S/C12H22N4O2/c1-4-6-13-11-10(17-3)12(16-9-15-11)14-7-8-18-5-2/h9H,4-8H2,1-3H3,(H2,13,14,15,16). The van der Waals surface area contributed by atoms with Gasteiger partial charge in [-0.15, -0.1) is 0 Å². The van der Waals surface area contributed by atoms with Gasteiger partial charge in [-0.3, -0.25) is 0 Å². The van der Waals surface area contributed by atoms with E-state index in [2.05, 4.69) is 27.5 Å². The van der Waals surface area contributed by atoms with Crippen LogP contribution in [0.1, 0.15) is 20.3 Å². The van der Waals surface area contributed by atoms with Gasteiger partial charge in [-0.1, -0.05) is 6.92 Å². The van der Waals surface area contributed by atoms with Crippen molar-refractivity contribution >= 4 is 11.6 Å². The molecule has 102 valence electrons. The van der Waals surface area contributed by atoms with Crippen LogP contribution in [0.4, 0.5) is 11.6 Å². The highest BCUT2D eigenvalue weighted by atomic mass is 16.5. The van der Waals surface area contributed by atoms with Gasteiger partial charge in [0.25, 0.3) is 0 Å². The summed E-state index contributed by atoms with van der Waals surface area (Å²) in [5.41, 5.74) is 0. The first-order valence-electron chi connectivity index (χ1n) is 6.27. The van der Waals surface area contributed by atoms with Gasteiger partial charge in [0.05, 0.1) is 13.7 Å². The van der Waals surface area contributed by atoms with E-state index in [1.54, 1.807) is 7.11 Å². The summed E-state index contributed by atoms with van der Waals surface area (Å²) in [6.07, 6.45) is 2.55. The van der Waals surface area contributed by atoms with E-state index < -0.39 is 0 Å². The van der Waals surface area contributed by atoms with E-state index in [0.29, 0.717) is 37.1 Å². The molecule has 0 aromatic carbocycles. The molecule has 0 saturated heterocycles. The summed E-state index contributed by atoms with van der Waals surface area (Å²) in [5.74, 6) is 2.04. The third-order valence-corrected chi connectivity index (χ3v) is 2.29. The topological polar surface area (TPSA) is 68.3 Å². The first-order valence-corrected chi connectivity index (χ1v) is 6.27. The lowest BCUT2D eigenvalue weighted by Crippen LogP contribution is -2.13. The minimum absolute atomic E-state index is 0.640. The van der Waals surface area contributed by atoms with Crippen LogP contribution < -0.4 is 15.4 Å². The molecule has 1 aromatic heterocycles. The monoisotopic (exact) mass is 254 g/mol. The van der Waals surface area contributed by atoms with Crippen LogP contribution in [0.15, 0.2) is 6.33 Å². The van der Waals surface area contributed by atoms with E-state index in [0.717, 1.165) is 13.0 Å². The molecule has 0 spiro atoms. The maximum atomic E-state index is 5.34. The van der Waals surface area contributed by atoms with Crippen LogP contribution in [0.5, 0.6) is 5.75 Å². The lowest BCUT2D eigenvalue weighted by Gasteiger charge is -2.13. The van der Waals surface area contributed by atoms with Gasteiger partial charge < -0.3 is 20.1 Å². The van der Waals surface area contributed by atoms with Crippen molar-refractivity contribution in [2.75, 3.05) is 44.0 Å². The van der Waals surface area contributed by atoms with Gasteiger partial charge in [-0.05, 0) is 13.3 Å². The molecule has 0 fully saturated rings. The highest BCUT2D eigenvalue weighted by Gasteiger charge is 2.10. The van der Waals surface area contributed by atoms with E-state index in [9.17, 15) is 0 Å². The Morgan fingerprint density at radius 3 is 2.33 bits per heavy atom. The van der Waals surface area contributed by atoms with Crippen LogP contribution in [0.3, 0.4) is 0 Å². The zero-order chi connectivity index (χ0) is 13.2. The zero-order valence-electron chi connectivity index (χ0n) is 11.3. The van der Waals surface area contributed by atoms with Crippen molar-refractivity contribution in [1.82, 2.24) is 9.97 Å². The van der Waals surface area contributed by atoms with Crippen LogP contribution in [0.2, 0.25) is 0 Å². The summed E-state index contributed by atoms with van der Waals surface area (Å²) in [4.78, 5) is 8.35. The molecule has 0 atom stereocenters. The van der Waals surface area contributed by atoms with Crippen molar-refractivity contribution in [3.05, 3.63) is 6.33 Å². The maximum absolute atomic E-state index is 5.34. The molecule has 0 aliphatic rings. The minimum atomic E-state index is 0.640. The minimum Gasteiger partial charge on any atom is -0.490 e. The summed E-state index contributed by atoms with van der Waals surface area (Å²) in [5, 5.41) is 6.38. The smallest absolute Gasteiger partial charge is 0.204 e. The number of hydrogen-bond acceptors (Lipinski definition) is 6. The largest absolute Gasteiger partial charge is 0.490 e. The van der Waals surface area contributed by atoms with Gasteiger partial charge in [0.15, 0.2) is 11.6 Å². The Morgan fingerprint density at radius 2 is 1.78 bits per heavy atom. The van der Waals surface area contributed by atoms with Gasteiger partial charge in [-0.25, -0.2) is 9.97 Å². The highest BCUT2D eigenvalue weighted by molar-refractivity contribution is 5.63. The third kappa shape index (κ3) is 4.37. The predicted octanol–water partition coefficient (Wildman–Crippen LogP) is 1.76. The maximum Gasteiger partial charge on any atom is 0.204 e. The van der Waals surface area contributed by atoms with Crippen molar-refractivity contribution < 1.29 is 9.47 Å². The van der Waals surface area contributed by atoms with Gasteiger partial charge in [0, 0.05) is 19.7 Å². The fraction of sp³-hybridized carbons (Fsp3) is 0.667. The van der Waals surface area contributed by atoms with E-state index >= 15 is 0 Å². The lowest BCUT2D eigenvalue weighted by molar-refractivity contribution is 0.158. The fourth-order valence-corrected chi connectivity index (χ4v) is 1.45. The Balaban J connectivity index is 2.65. The Bertz CT molecular complexity index is 347. The third-order valence-electron chi connectivity index (χ3n) is 2.29. The number of methoxy groups -OCH3 is 1. The molecule has 0 amide bonds. The molecule has 0 aliphatic heterocycles. The summed E-state index contributed by atoms with van der Waals surface area (Å²) < 4.78 is 10.6. The van der Waals surface area contributed by atoms with Gasteiger partial charge in [0.1, 0.15) is 6.33 Å². The average molecular weight is 254 g/mol. The Morgan fingerprint density at radius 1 is 1.11 bits per heavy atom. The number of aromatic nitrogens is 2. The summed E-state index contributed by atoms with van der Waals surface area (Å²) >= 11 is 0. The molecular weight excluding hydrogens is 232 g/mol. The van der Waals surface area contributed by atoms with Gasteiger partial charge >= 0.3 is 0 Å². The molecule has 1 rings (SSSR count). The first kappa shape index (κ1) is 14.5. The van der Waals surface area contributed by atoms with Crippen LogP contribution >= 0.6 is 0 Å². The molecule has 2 N–H and O–H groups in total. The molecule has 0 bridgehead atoms. The number of nitrogens with zero attached hydrogens (tertiary/aromatic N) is 2. The average Bonchev–Trinajstić information content (AvgIpc) is 2.41. The van der Waals surface area contributed by atoms with Crippen molar-refractivity contribution in [1.29, 1.82) is 0 Å². The van der Waals surface area contributed by atoms with Crippen molar-refractivity contribution in [2.24, 2.45) is 0 Å². The highest BCUT2D eigenvalue weighted by Crippen LogP contribution is 2.28. The molecule has 1 aromatic rings. The zero-order valence-corrected chi connectivity index (χ0v) is 11.3. The first-order chi connectivity index (χ1) is 8.83. The number of hydrogen-bond donors (Lipinski definition) is 2. The van der Waals surface area contributed by atoms with Crippen LogP contribution in [-0.2, 0) is 4.74 Å². The summed E-state index contributed by atoms with van der Waals surface area (Å²) in [7, 11) is 1.61. The van der Waals surface area contributed by atoms with E-state index in [1.807, 2.05) is 6.92 Å². The Hall–Kier alpha value is -1.56. The second-order valence-corrected chi connectivity index (χ2v) is 3.65. The molecule has 1 heterocycles. The summed E-state index contributed by atoms with van der Waals surface area (Å²) in [6.45, 7) is 6.97. The molecule has 0 radical (unpaired) electrons. The quantitative estimate of drug-likeness (QED) is 0.654. The SMILES string of the molecule is CCCNc1ncnc(NCCOCC)c1OC. The second-order valence-electron chi connectivity index (χ2n) is 3.65. The number of rotatable bonds is 9. The normalized spacial score (nSPS) is 10.2. The van der Waals surface area contributed by atoms with Crippen molar-refractivity contribution in [3.8, 4) is 5.75 Å². The second kappa shape index (κ2) is 8.52. The Kier molecular flexibility index (Phi) is 6.86. The predicted molar refractivity (Wildman–Crippen MR) is 72.3 cm³/mol. The molecular formula is C12H22N4O2. The number of ether oxygens (including phenoxy) is 2. The van der Waals surface area contributed by atoms with Crippen LogP contribution in [0, 0.1) is 0 Å². The number of nitrogens with one attached hydrogen (secondary N) is 2. The molecule has 6 nitrogen and oxygen atoms in total. The van der Waals surface area contributed by atoms with Crippen molar-refractivity contribution in [2.45, 2.75) is 20.3 Å². The lowest BCUT2D eigenvalue weighted by atomic mass is 10.4. The molecule has 0 unspecified atom stereocenters. The van der Waals surface area contributed by atoms with E-state index in [-0.39, 0.29) is 0 Å². The van der Waals surface area contributed by atoms with E-state index in [1.165, 1.54) is 6.33 Å². The van der Waals surface area contributed by atoms with Gasteiger partial charge in [0.2, 0.25) is 5.75 Å².